The fourth-order valence-electron chi connectivity index (χ4n) is 3.68. The Morgan fingerprint density at radius 3 is 2.24 bits per heavy atom. The van der Waals surface area contributed by atoms with Crippen LogP contribution in [0.1, 0.15) is 11.3 Å². The molecule has 1 aromatic carbocycles. The standard InChI is InChI=1S/C13H10N2.C11H10N2.C6H6O3.Ru/c1-9-8-10-4-2-6-14-12(10)13-11(9)5-3-7-15-13;1-13-9-5-3-7-11(13)10-6-2-4-8-12-10;1-4-6(8)5(7)2-3-9-4;/h2-8H,1H3;2-9H,1H2;2-3,8H,1H3;/q;;;+1. The van der Waals surface area contributed by atoms with Gasteiger partial charge in [0.2, 0.25) is 11.2 Å². The Balaban J connectivity index is 0.000000161. The fraction of sp³-hybridized carbons (Fsp3) is 0.0667. The molecule has 8 heteroatoms. The van der Waals surface area contributed by atoms with Crippen LogP contribution in [0.2, 0.25) is 0 Å². The Labute approximate surface area is 233 Å². The minimum atomic E-state index is -0.404. The van der Waals surface area contributed by atoms with E-state index in [-0.39, 0.29) is 31.0 Å². The molecule has 38 heavy (non-hydrogen) atoms. The Kier molecular flexibility index (Phi) is 9.80. The van der Waals surface area contributed by atoms with E-state index in [1.165, 1.54) is 30.2 Å². The maximum Gasteiger partial charge on any atom is 1.00 e. The third kappa shape index (κ3) is 6.66. The summed E-state index contributed by atoms with van der Waals surface area (Å²) in [6.07, 6.45) is 8.56. The topological polar surface area (TPSA) is 93.0 Å². The molecule has 191 valence electrons. The molecule has 5 heterocycles. The first-order chi connectivity index (χ1) is 18.0. The van der Waals surface area contributed by atoms with Crippen molar-refractivity contribution in [3.63, 3.8) is 0 Å². The van der Waals surface area contributed by atoms with E-state index in [1.807, 2.05) is 71.7 Å². The van der Waals surface area contributed by atoms with Crippen molar-refractivity contribution in [2.24, 2.45) is 0 Å². The molecule has 6 rings (SSSR count). The van der Waals surface area contributed by atoms with Crippen molar-refractivity contribution in [3.05, 3.63) is 132 Å². The number of fused-ring (bicyclic) bond motifs is 3. The zero-order valence-corrected chi connectivity index (χ0v) is 22.7. The first-order valence-electron chi connectivity index (χ1n) is 11.5. The predicted octanol–water partition coefficient (Wildman–Crippen LogP) is 5.42. The molecule has 1 N–H and O–H groups in total. The SMILES string of the molecule is Cc1cc2cccnc2c2ncccc12.Cc1occc(=O)c1O.[CH2-][n+]1ccccc1-c1ccccn1.[Ru+]. The van der Waals surface area contributed by atoms with Crippen molar-refractivity contribution in [3.8, 4) is 17.1 Å². The summed E-state index contributed by atoms with van der Waals surface area (Å²) >= 11 is 0. The maximum absolute atomic E-state index is 10.5. The molecule has 6 aromatic rings. The molecule has 0 aliphatic heterocycles. The molecule has 0 unspecified atom stereocenters. The number of aromatic hydroxyl groups is 1. The summed E-state index contributed by atoms with van der Waals surface area (Å²) < 4.78 is 6.50. The number of pyridine rings is 4. The van der Waals surface area contributed by atoms with Crippen LogP contribution in [-0.2, 0) is 19.5 Å². The molecular formula is C30H26N4O3Ru+. The van der Waals surface area contributed by atoms with Gasteiger partial charge in [-0.05, 0) is 55.8 Å². The summed E-state index contributed by atoms with van der Waals surface area (Å²) in [5.41, 5.74) is 4.78. The molecule has 0 spiro atoms. The first-order valence-corrected chi connectivity index (χ1v) is 11.5. The van der Waals surface area contributed by atoms with Gasteiger partial charge in [0, 0.05) is 42.5 Å². The summed E-state index contributed by atoms with van der Waals surface area (Å²) in [6.45, 7) is 3.63. The van der Waals surface area contributed by atoms with Crippen LogP contribution in [0.3, 0.4) is 0 Å². The zero-order chi connectivity index (χ0) is 26.2. The van der Waals surface area contributed by atoms with Crippen LogP contribution in [-0.4, -0.2) is 20.1 Å². The van der Waals surface area contributed by atoms with E-state index in [2.05, 4.69) is 51.5 Å². The number of hydrogen-bond acceptors (Lipinski definition) is 6. The van der Waals surface area contributed by atoms with E-state index in [0.29, 0.717) is 0 Å². The molecule has 0 aliphatic rings. The normalized spacial score (nSPS) is 9.95. The van der Waals surface area contributed by atoms with Crippen LogP contribution in [0, 0.1) is 20.9 Å². The Hall–Kier alpha value is -4.42. The van der Waals surface area contributed by atoms with Gasteiger partial charge in [-0.1, -0.05) is 30.3 Å². The van der Waals surface area contributed by atoms with Gasteiger partial charge in [0.25, 0.3) is 0 Å². The molecular weight excluding hydrogens is 565 g/mol. The van der Waals surface area contributed by atoms with Gasteiger partial charge in [0.1, 0.15) is 11.5 Å². The van der Waals surface area contributed by atoms with Crippen molar-refractivity contribution in [2.75, 3.05) is 0 Å². The molecule has 1 radical (unpaired) electrons. The molecule has 0 fully saturated rings. The molecule has 0 saturated heterocycles. The van der Waals surface area contributed by atoms with Gasteiger partial charge in [-0.15, -0.1) is 0 Å². The van der Waals surface area contributed by atoms with Crippen LogP contribution in [0.5, 0.6) is 5.75 Å². The van der Waals surface area contributed by atoms with Crippen molar-refractivity contribution >= 4 is 21.8 Å². The summed E-state index contributed by atoms with van der Waals surface area (Å²) in [6, 6.07) is 23.2. The largest absolute Gasteiger partial charge is 1.00 e. The predicted molar refractivity (Wildman–Crippen MR) is 144 cm³/mol. The molecule has 0 amide bonds. The summed E-state index contributed by atoms with van der Waals surface area (Å²) in [7, 11) is 3.87. The number of benzene rings is 1. The van der Waals surface area contributed by atoms with Gasteiger partial charge in [-0.3, -0.25) is 19.7 Å². The smallest absolute Gasteiger partial charge is 0.502 e. The second-order valence-electron chi connectivity index (χ2n) is 8.13. The Morgan fingerprint density at radius 1 is 0.842 bits per heavy atom. The van der Waals surface area contributed by atoms with E-state index in [0.717, 1.165) is 27.8 Å². The van der Waals surface area contributed by atoms with Crippen molar-refractivity contribution in [1.29, 1.82) is 0 Å². The quantitative estimate of drug-likeness (QED) is 0.119. The van der Waals surface area contributed by atoms with Gasteiger partial charge >= 0.3 is 19.5 Å². The number of aryl methyl sites for hydroxylation is 2. The fourth-order valence-corrected chi connectivity index (χ4v) is 3.68. The minimum Gasteiger partial charge on any atom is -0.502 e. The van der Waals surface area contributed by atoms with Gasteiger partial charge in [0.05, 0.1) is 29.2 Å². The van der Waals surface area contributed by atoms with Crippen LogP contribution >= 0.6 is 0 Å². The van der Waals surface area contributed by atoms with E-state index in [4.69, 9.17) is 5.11 Å². The van der Waals surface area contributed by atoms with Gasteiger partial charge in [0.15, 0.2) is 0 Å². The number of hydrogen-bond donors (Lipinski definition) is 1. The third-order valence-electron chi connectivity index (χ3n) is 5.57. The number of aromatic nitrogens is 4. The second-order valence-corrected chi connectivity index (χ2v) is 8.13. The van der Waals surface area contributed by atoms with Crippen LogP contribution < -0.4 is 10.00 Å². The molecule has 0 bridgehead atoms. The summed E-state index contributed by atoms with van der Waals surface area (Å²) in [4.78, 5) is 23.6. The monoisotopic (exact) mass is 592 g/mol. The summed E-state index contributed by atoms with van der Waals surface area (Å²) in [5.74, 6) is -0.0556. The van der Waals surface area contributed by atoms with E-state index >= 15 is 0 Å². The Morgan fingerprint density at radius 2 is 1.55 bits per heavy atom. The maximum atomic E-state index is 10.5. The van der Waals surface area contributed by atoms with Crippen molar-refractivity contribution < 1.29 is 33.6 Å². The van der Waals surface area contributed by atoms with E-state index in [9.17, 15) is 4.79 Å². The average molecular weight is 592 g/mol. The van der Waals surface area contributed by atoms with Gasteiger partial charge in [-0.25, -0.2) is 0 Å². The Bertz CT molecular complexity index is 1710. The van der Waals surface area contributed by atoms with Gasteiger partial charge < -0.3 is 14.1 Å². The van der Waals surface area contributed by atoms with Gasteiger partial charge in [-0.2, -0.15) is 0 Å². The molecule has 0 saturated carbocycles. The van der Waals surface area contributed by atoms with Crippen molar-refractivity contribution in [1.82, 2.24) is 15.0 Å². The molecule has 5 aromatic heterocycles. The minimum absolute atomic E-state index is 0. The first kappa shape index (κ1) is 28.2. The zero-order valence-electron chi connectivity index (χ0n) is 20.9. The van der Waals surface area contributed by atoms with E-state index in [1.54, 1.807) is 6.20 Å². The number of rotatable bonds is 1. The summed E-state index contributed by atoms with van der Waals surface area (Å²) in [5, 5.41) is 11.1. The number of nitrogens with zero attached hydrogens (tertiary/aromatic N) is 4. The third-order valence-corrected chi connectivity index (χ3v) is 5.57. The average Bonchev–Trinajstić information content (AvgIpc) is 2.93. The van der Waals surface area contributed by atoms with Crippen molar-refractivity contribution in [2.45, 2.75) is 13.8 Å². The van der Waals surface area contributed by atoms with E-state index < -0.39 is 5.43 Å². The van der Waals surface area contributed by atoms with Crippen LogP contribution in [0.25, 0.3) is 33.2 Å². The molecule has 0 aliphatic carbocycles. The van der Waals surface area contributed by atoms with Crippen LogP contribution in [0.4, 0.5) is 0 Å². The molecule has 0 atom stereocenters. The molecule has 7 nitrogen and oxygen atoms in total. The van der Waals surface area contributed by atoms with Crippen LogP contribution in [0.15, 0.2) is 113 Å². The second kappa shape index (κ2) is 13.2.